The first-order valence-corrected chi connectivity index (χ1v) is 39.5. The number of rotatable bonds is 2. The van der Waals surface area contributed by atoms with Gasteiger partial charge in [0.25, 0.3) is 0 Å². The van der Waals surface area contributed by atoms with Gasteiger partial charge in [-0.1, -0.05) is 83.9 Å². The minimum absolute atomic E-state index is 0.412. The average molecular weight is 1710 g/mol. The van der Waals surface area contributed by atoms with Crippen LogP contribution in [0.2, 0.25) is 10.3 Å². The van der Waals surface area contributed by atoms with E-state index in [1.54, 1.807) is 82.4 Å². The van der Waals surface area contributed by atoms with Crippen LogP contribution in [0.15, 0.2) is 275 Å². The molecule has 648 valence electrons. The first kappa shape index (κ1) is 108. The lowest BCUT2D eigenvalue weighted by Gasteiger charge is -2.09. The minimum Gasteiger partial charge on any atom is -0.481 e. The van der Waals surface area contributed by atoms with Crippen LogP contribution in [0.25, 0.3) is 0 Å². The molecule has 0 radical (unpaired) electrons. The van der Waals surface area contributed by atoms with Gasteiger partial charge in [0.1, 0.15) is 23.1 Å². The fourth-order valence-corrected chi connectivity index (χ4v) is 8.58. The molecule has 0 spiro atoms. The third-order valence-electron chi connectivity index (χ3n) is 14.9. The van der Waals surface area contributed by atoms with Gasteiger partial charge in [-0.05, 0) is 311 Å². The molecule has 0 amide bonds. The Morgan fingerprint density at radius 1 is 0.309 bits per heavy atom. The summed E-state index contributed by atoms with van der Waals surface area (Å²) >= 11 is 11.0. The molecule has 0 aliphatic heterocycles. The monoisotopic (exact) mass is 1710 g/mol. The Labute approximate surface area is 736 Å². The first-order chi connectivity index (χ1) is 58.3. The van der Waals surface area contributed by atoms with Crippen LogP contribution in [0, 0.1) is 151 Å². The van der Waals surface area contributed by atoms with Gasteiger partial charge in [0, 0.05) is 164 Å². The summed E-state index contributed by atoms with van der Waals surface area (Å²) in [5.41, 5.74) is 20.8. The predicted molar refractivity (Wildman–Crippen MR) is 492 cm³/mol. The highest BCUT2D eigenvalue weighted by Crippen LogP contribution is 2.28. The Bertz CT molecular complexity index is 4640. The minimum atomic E-state index is -4.28. The fraction of sp³-hybridized carbons (Fsp3) is 0.258. The molecule has 20 nitrogen and oxygen atoms in total. The SMILES string of the molecule is COc1ccc(C)cn1.Cc1cc(C)nc(C)n1.Cc1ccc(C(F)(F)F)cn1.Cc1ccc(C)nc1.Cc1ccc(C)nc1.Cc1ccc(Cl)nn1.Cc1ccc(N(C)C)nc1.Cc1cccc(Cl)n1.Cc1cccc(F)n1.Cc1ccccn1.Cc1cccnc1.Cc1cccnc1C.Cc1ccncc1.Cc1ccncn1.Cc1cncc(C)c1. The van der Waals surface area contributed by atoms with Crippen LogP contribution in [0.4, 0.5) is 23.4 Å². The van der Waals surface area contributed by atoms with Crippen molar-refractivity contribution in [3.05, 3.63) is 415 Å². The highest BCUT2D eigenvalue weighted by Gasteiger charge is 2.30. The van der Waals surface area contributed by atoms with Crippen LogP contribution in [0.5, 0.6) is 5.88 Å². The van der Waals surface area contributed by atoms with E-state index in [4.69, 9.17) is 27.9 Å². The second-order valence-electron chi connectivity index (χ2n) is 27.3. The van der Waals surface area contributed by atoms with E-state index in [1.165, 1.54) is 63.0 Å². The van der Waals surface area contributed by atoms with Gasteiger partial charge in [0.15, 0.2) is 5.15 Å². The summed E-state index contributed by atoms with van der Waals surface area (Å²) in [5.74, 6) is 2.11. The molecule has 0 fully saturated rings. The molecule has 0 aliphatic carbocycles. The number of nitrogens with zero attached hydrogens (tertiary/aromatic N) is 19. The van der Waals surface area contributed by atoms with E-state index in [0.717, 1.165) is 80.7 Å². The normalized spacial score (nSPS) is 9.38. The number of halogens is 6. The van der Waals surface area contributed by atoms with E-state index in [-0.39, 0.29) is 0 Å². The maximum Gasteiger partial charge on any atom is 0.417 e. The molecule has 15 heterocycles. The number of pyridine rings is 12. The molecule has 15 aromatic heterocycles. The highest BCUT2D eigenvalue weighted by atomic mass is 35.5. The van der Waals surface area contributed by atoms with Gasteiger partial charge in [-0.2, -0.15) is 22.7 Å². The van der Waals surface area contributed by atoms with Crippen molar-refractivity contribution in [1.29, 1.82) is 0 Å². The zero-order chi connectivity index (χ0) is 91.9. The molecule has 0 atom stereocenters. The summed E-state index contributed by atoms with van der Waals surface area (Å²) in [6.45, 7) is 41.2. The molecular weight excluding hydrogens is 1590 g/mol. The summed E-state index contributed by atoms with van der Waals surface area (Å²) < 4.78 is 52.6. The van der Waals surface area contributed by atoms with Crippen molar-refractivity contribution >= 4 is 29.0 Å². The van der Waals surface area contributed by atoms with Gasteiger partial charge in [-0.25, -0.2) is 39.9 Å². The van der Waals surface area contributed by atoms with Gasteiger partial charge in [0.2, 0.25) is 11.8 Å². The summed E-state index contributed by atoms with van der Waals surface area (Å²) in [5, 5.41) is 8.29. The van der Waals surface area contributed by atoms with Gasteiger partial charge < -0.3 is 9.64 Å². The van der Waals surface area contributed by atoms with Crippen molar-refractivity contribution in [1.82, 2.24) is 89.9 Å². The topological polar surface area (TPSA) is 244 Å². The third-order valence-corrected chi connectivity index (χ3v) is 15.3. The second kappa shape index (κ2) is 63.9. The summed E-state index contributed by atoms with van der Waals surface area (Å²) in [6.07, 6.45) is 21.7. The lowest BCUT2D eigenvalue weighted by Crippen LogP contribution is -2.09. The van der Waals surface area contributed by atoms with Crippen LogP contribution in [-0.2, 0) is 6.18 Å². The Morgan fingerprint density at radius 2 is 0.797 bits per heavy atom. The molecular formula is C97H117Cl2F4N19O. The molecule has 15 rings (SSSR count). The van der Waals surface area contributed by atoms with Gasteiger partial charge in [0.05, 0.1) is 18.4 Å². The Kier molecular flexibility index (Phi) is 56.1. The predicted octanol–water partition coefficient (Wildman–Crippen LogP) is 23.4. The van der Waals surface area contributed by atoms with Crippen molar-refractivity contribution in [3.63, 3.8) is 0 Å². The van der Waals surface area contributed by atoms with E-state index in [2.05, 4.69) is 127 Å². The van der Waals surface area contributed by atoms with E-state index < -0.39 is 17.7 Å². The molecule has 15 aromatic rings. The van der Waals surface area contributed by atoms with Crippen molar-refractivity contribution < 1.29 is 22.3 Å². The third kappa shape index (κ3) is 60.1. The Morgan fingerprint density at radius 3 is 1.09 bits per heavy atom. The van der Waals surface area contributed by atoms with Crippen LogP contribution < -0.4 is 9.64 Å². The van der Waals surface area contributed by atoms with Crippen molar-refractivity contribution in [2.75, 3.05) is 26.1 Å². The molecule has 0 unspecified atom stereocenters. The van der Waals surface area contributed by atoms with Gasteiger partial charge in [-0.3, -0.25) is 39.9 Å². The van der Waals surface area contributed by atoms with Gasteiger partial charge in [-0.15, -0.1) is 5.10 Å². The number of ether oxygens (including phenoxy) is 1. The maximum atomic E-state index is 12.1. The maximum absolute atomic E-state index is 12.1. The van der Waals surface area contributed by atoms with Crippen LogP contribution in [-0.4, -0.2) is 111 Å². The zero-order valence-corrected chi connectivity index (χ0v) is 76.7. The van der Waals surface area contributed by atoms with E-state index in [1.807, 2.05) is 296 Å². The van der Waals surface area contributed by atoms with Crippen LogP contribution >= 0.6 is 23.2 Å². The number of hydrogen-bond donors (Lipinski definition) is 0. The number of methoxy groups -OCH3 is 1. The van der Waals surface area contributed by atoms with Crippen LogP contribution in [0.1, 0.15) is 124 Å². The van der Waals surface area contributed by atoms with Crippen molar-refractivity contribution in [2.24, 2.45) is 0 Å². The van der Waals surface area contributed by atoms with Crippen LogP contribution in [0.3, 0.4) is 0 Å². The number of aromatic nitrogens is 18. The first-order valence-electron chi connectivity index (χ1n) is 38.7. The van der Waals surface area contributed by atoms with E-state index >= 15 is 0 Å². The molecule has 0 N–H and O–H groups in total. The van der Waals surface area contributed by atoms with Gasteiger partial charge >= 0.3 is 6.18 Å². The van der Waals surface area contributed by atoms with E-state index in [0.29, 0.717) is 27.6 Å². The molecule has 0 aliphatic rings. The summed E-state index contributed by atoms with van der Waals surface area (Å²) in [6, 6.07) is 55.8. The summed E-state index contributed by atoms with van der Waals surface area (Å²) in [4.78, 5) is 64.9. The lowest BCUT2D eigenvalue weighted by atomic mass is 10.2. The lowest BCUT2D eigenvalue weighted by molar-refractivity contribution is -0.137. The number of hydrogen-bond acceptors (Lipinski definition) is 20. The average Bonchev–Trinajstić information content (AvgIpc) is 0.864. The van der Waals surface area contributed by atoms with Crippen molar-refractivity contribution in [3.8, 4) is 5.88 Å². The highest BCUT2D eigenvalue weighted by molar-refractivity contribution is 6.29. The number of aryl methyl sites for hydroxylation is 21. The molecule has 0 saturated carbocycles. The molecule has 123 heavy (non-hydrogen) atoms. The quantitative estimate of drug-likeness (QED) is 0.115. The summed E-state index contributed by atoms with van der Waals surface area (Å²) in [7, 11) is 5.58. The van der Waals surface area contributed by atoms with Crippen molar-refractivity contribution in [2.45, 2.75) is 152 Å². The fourth-order valence-electron chi connectivity index (χ4n) is 8.27. The second-order valence-corrected chi connectivity index (χ2v) is 28.1. The molecule has 0 bridgehead atoms. The molecule has 26 heteroatoms. The molecule has 0 saturated heterocycles. The number of anilines is 1. The Hall–Kier alpha value is -13.1. The smallest absolute Gasteiger partial charge is 0.417 e. The van der Waals surface area contributed by atoms with E-state index in [9.17, 15) is 17.6 Å². The zero-order valence-electron chi connectivity index (χ0n) is 75.2. The largest absolute Gasteiger partial charge is 0.481 e. The number of alkyl halides is 3. The standard InChI is InChI=1S/C8H12N2.C7H6F3N.C7H10N2.C7H9NO.4C7H9N.C6H6ClN.C6H6FN.3C6H7N.C5H5ClN2.C5H6N2/c1-7-4-5-8(9-6-7)10(2)3;1-5-2-3-6(4-11-5)7(8,9)10;1-5-4-6(2)9-7(3)8-5;1-6-3-4-7(9-2)8-5-6;1-6-3-7(2)5-8-4-6;2*1-6-3-4-7(2)8-5-6;1-6-4-3-5-8-7(6)2;2*1-5-3-2-4-6(7)8-5;1-6-2-4-7-5-3-6;1-6-3-2-4-7-5-6;1-6-4-2-3-5-7-6;1-4-2-3-5(6)8-7-4;1-5-2-3-6-4-7-5/h4-6H,1-3H3;2-4H,1H3;4H,1-3H3;3-5H,1-2H3;4*3-5H,1-2H3;2*2-4H,1H3;3*2-5H,1H3;2-3H,1H3;2-4H,1H3. The molecule has 0 aromatic carbocycles. The Balaban J connectivity index is 0.000000660.